The number of carbonyl (C=O) groups excluding carboxylic acids is 5. The van der Waals surface area contributed by atoms with Crippen molar-refractivity contribution in [3.05, 3.63) is 188 Å². The Kier molecular flexibility index (Phi) is 16.6. The van der Waals surface area contributed by atoms with Crippen molar-refractivity contribution in [1.82, 2.24) is 20.4 Å². The fraction of sp³-hybridized carbons (Fsp3) is 0.226. The number of hydrogen-bond donors (Lipinski definition) is 4. The summed E-state index contributed by atoms with van der Waals surface area (Å²) in [5.74, 6) is -9.99. The van der Waals surface area contributed by atoms with Crippen LogP contribution in [-0.4, -0.2) is 68.4 Å². The maximum Gasteiger partial charge on any atom is 0.325 e. The molecule has 2 aliphatic rings. The molecular formula is C53H48F8N8O7S. The number of fused-ring (bicyclic) bond motifs is 2. The van der Waals surface area contributed by atoms with Gasteiger partial charge in [-0.15, -0.1) is 0 Å². The van der Waals surface area contributed by atoms with Gasteiger partial charge in [-0.05, 0) is 73.5 Å². The van der Waals surface area contributed by atoms with Crippen molar-refractivity contribution < 1.29 is 67.5 Å². The van der Waals surface area contributed by atoms with Crippen molar-refractivity contribution in [2.24, 2.45) is 0 Å². The van der Waals surface area contributed by atoms with E-state index in [2.05, 4.69) is 20.7 Å². The van der Waals surface area contributed by atoms with Gasteiger partial charge in [-0.3, -0.25) is 28.9 Å². The number of halogens is 8. The minimum Gasteiger partial charge on any atom is -0.348 e. The van der Waals surface area contributed by atoms with Gasteiger partial charge in [0.15, 0.2) is 0 Å². The lowest BCUT2D eigenvalue weighted by Gasteiger charge is -2.40. The fourth-order valence-corrected chi connectivity index (χ4v) is 9.16. The minimum atomic E-state index is -3.76. The average Bonchev–Trinajstić information content (AvgIpc) is 3.39. The third-order valence-electron chi connectivity index (χ3n) is 12.8. The summed E-state index contributed by atoms with van der Waals surface area (Å²) in [4.78, 5) is 69.3. The van der Waals surface area contributed by atoms with Crippen LogP contribution in [0, 0.1) is 46.5 Å². The quantitative estimate of drug-likeness (QED) is 0.0831. The van der Waals surface area contributed by atoms with Crippen molar-refractivity contribution in [2.75, 3.05) is 40.2 Å². The summed E-state index contributed by atoms with van der Waals surface area (Å²) in [6.45, 7) is 3.11. The van der Waals surface area contributed by atoms with E-state index in [1.54, 1.807) is 40.1 Å². The van der Waals surface area contributed by atoms with Gasteiger partial charge < -0.3 is 25.8 Å². The fourth-order valence-electron chi connectivity index (χ4n) is 8.57. The predicted octanol–water partition coefficient (Wildman–Crippen LogP) is 9.94. The van der Waals surface area contributed by atoms with Gasteiger partial charge in [0.05, 0.1) is 48.5 Å². The number of hydrogen-bond acceptors (Lipinski definition) is 7. The van der Waals surface area contributed by atoms with Crippen LogP contribution >= 0.6 is 0 Å². The first-order valence-electron chi connectivity index (χ1n) is 23.2. The molecule has 4 N–H and O–H groups in total. The number of sulfonamides is 1. The lowest BCUT2D eigenvalue weighted by Crippen LogP contribution is -2.46. The number of rotatable bonds is 13. The first kappa shape index (κ1) is 56.2. The molecule has 0 aromatic heterocycles. The van der Waals surface area contributed by atoms with Crippen LogP contribution in [0.5, 0.6) is 0 Å². The molecule has 6 aromatic rings. The van der Waals surface area contributed by atoms with E-state index in [1.165, 1.54) is 81.1 Å². The summed E-state index contributed by atoms with van der Waals surface area (Å²) in [6.07, 6.45) is 0.910. The zero-order valence-corrected chi connectivity index (χ0v) is 42.6. The third kappa shape index (κ3) is 12.4. The number of nitrogens with one attached hydrogen (secondary N) is 4. The summed E-state index contributed by atoms with van der Waals surface area (Å²) >= 11 is 0. The van der Waals surface area contributed by atoms with E-state index in [0.29, 0.717) is 41.1 Å². The molecule has 2 aliphatic heterocycles. The van der Waals surface area contributed by atoms with Gasteiger partial charge >= 0.3 is 12.1 Å². The first-order chi connectivity index (χ1) is 36.2. The van der Waals surface area contributed by atoms with Gasteiger partial charge in [-0.2, -0.15) is 0 Å². The number of nitrogens with zero attached hydrogens (tertiary/aromatic N) is 4. The van der Waals surface area contributed by atoms with E-state index in [1.807, 2.05) is 0 Å². The van der Waals surface area contributed by atoms with E-state index in [0.717, 1.165) is 12.3 Å². The Morgan fingerprint density at radius 3 is 1.29 bits per heavy atom. The van der Waals surface area contributed by atoms with E-state index >= 15 is 0 Å². The Morgan fingerprint density at radius 2 is 0.909 bits per heavy atom. The Morgan fingerprint density at radius 1 is 0.532 bits per heavy atom. The Hall–Kier alpha value is -8.54. The molecule has 0 bridgehead atoms. The lowest BCUT2D eigenvalue weighted by molar-refractivity contribution is -0.114. The average molecular weight is 1090 g/mol. The first-order valence-corrected chi connectivity index (χ1v) is 25.1. The summed E-state index contributed by atoms with van der Waals surface area (Å²) in [7, 11) is -0.628. The Balaban J connectivity index is 0.000000224. The SMILES string of the molecule is CC(=O)Nc1cccc(F)c1CN1C(=O)N(C)C(C)c2ccc(C(=O)NCc3c(F)cc(F)cc3F)cc21.CC1c2ccc(C(=O)NCc3c(F)cc(F)cc3F)cc2N(Cc2c(F)cccc2NS(C)(=O)=O)C(=O)N1C. The number of amides is 7. The minimum absolute atomic E-state index is 0.0363. The standard InChI is InChI=1S/C27H24F4N4O3.C26H24F4N4O4S/c1-14-18-8-7-16(26(37)32-12-19-22(30)10-17(28)11-23(19)31)9-25(18)35(27(38)34(14)3)13-20-21(29)5-4-6-24(20)33-15(2)36;1-14-17-8-7-15(25(35)31-12-18-21(29)10-16(27)11-22(18)30)9-24(17)34(26(36)33(14)2)13-19-20(28)5-4-6-23(19)32-39(3,37)38/h4-11,14H,12-13H2,1-3H3,(H,32,37)(H,33,36);4-11,14,32H,12-13H2,1-3H3,(H,31,35). The molecule has 0 saturated carbocycles. The highest BCUT2D eigenvalue weighted by molar-refractivity contribution is 7.92. The maximum absolute atomic E-state index is 14.9. The summed E-state index contributed by atoms with van der Waals surface area (Å²) in [5, 5.41) is 7.32. The van der Waals surface area contributed by atoms with Gasteiger partial charge in [0.25, 0.3) is 11.8 Å². The van der Waals surface area contributed by atoms with Crippen LogP contribution in [0.4, 0.5) is 67.5 Å². The zero-order valence-electron chi connectivity index (χ0n) is 41.8. The summed E-state index contributed by atoms with van der Waals surface area (Å²) in [5.41, 5.74) is 1.12. The number of urea groups is 2. The lowest BCUT2D eigenvalue weighted by atomic mass is 9.98. The second-order valence-corrected chi connectivity index (χ2v) is 19.8. The molecule has 404 valence electrons. The highest BCUT2D eigenvalue weighted by Gasteiger charge is 2.36. The van der Waals surface area contributed by atoms with Crippen molar-refractivity contribution in [3.8, 4) is 0 Å². The van der Waals surface area contributed by atoms with Crippen LogP contribution in [0.2, 0.25) is 0 Å². The molecule has 77 heavy (non-hydrogen) atoms. The van der Waals surface area contributed by atoms with Gasteiger partial charge in [0, 0.05) is 97.4 Å². The van der Waals surface area contributed by atoms with Crippen molar-refractivity contribution in [2.45, 2.75) is 59.0 Å². The molecule has 2 unspecified atom stereocenters. The molecule has 24 heteroatoms. The molecule has 0 fully saturated rings. The highest BCUT2D eigenvalue weighted by atomic mass is 32.2. The molecule has 6 aromatic carbocycles. The van der Waals surface area contributed by atoms with E-state index in [-0.39, 0.29) is 58.4 Å². The van der Waals surface area contributed by atoms with Crippen LogP contribution in [0.1, 0.15) is 87.0 Å². The van der Waals surface area contributed by atoms with Crippen molar-refractivity contribution in [3.63, 3.8) is 0 Å². The van der Waals surface area contributed by atoms with Crippen molar-refractivity contribution >= 4 is 62.6 Å². The van der Waals surface area contributed by atoms with E-state index in [9.17, 15) is 67.5 Å². The van der Waals surface area contributed by atoms with Crippen LogP contribution < -0.4 is 30.5 Å². The largest absolute Gasteiger partial charge is 0.348 e. The topological polar surface area (TPSA) is 181 Å². The second-order valence-electron chi connectivity index (χ2n) is 18.0. The van der Waals surface area contributed by atoms with Gasteiger partial charge in [-0.25, -0.2) is 53.1 Å². The molecule has 0 saturated heterocycles. The summed E-state index contributed by atoms with van der Waals surface area (Å²) in [6, 6.07) is 17.2. The molecule has 15 nitrogen and oxygen atoms in total. The molecule has 0 radical (unpaired) electrons. The molecule has 0 aliphatic carbocycles. The van der Waals surface area contributed by atoms with Gasteiger partial charge in [-0.1, -0.05) is 24.3 Å². The Bertz CT molecular complexity index is 3430. The normalized spacial score (nSPS) is 15.0. The zero-order chi connectivity index (χ0) is 56.4. The van der Waals surface area contributed by atoms with Crippen molar-refractivity contribution in [1.29, 1.82) is 0 Å². The third-order valence-corrected chi connectivity index (χ3v) is 13.4. The smallest absolute Gasteiger partial charge is 0.325 e. The molecule has 2 heterocycles. The van der Waals surface area contributed by atoms with Crippen LogP contribution in [0.3, 0.4) is 0 Å². The predicted molar refractivity (Wildman–Crippen MR) is 269 cm³/mol. The van der Waals surface area contributed by atoms with E-state index < -0.39 is 117 Å². The van der Waals surface area contributed by atoms with Crippen LogP contribution in [0.15, 0.2) is 97.1 Å². The summed E-state index contributed by atoms with van der Waals surface area (Å²) < 4.78 is 138. The molecule has 7 amide bonds. The number of benzene rings is 6. The second kappa shape index (κ2) is 22.7. The molecular weight excluding hydrogens is 1040 g/mol. The van der Waals surface area contributed by atoms with Gasteiger partial charge in [0.1, 0.15) is 46.5 Å². The van der Waals surface area contributed by atoms with Crippen LogP contribution in [-0.2, 0) is 41.0 Å². The van der Waals surface area contributed by atoms with E-state index in [4.69, 9.17) is 0 Å². The number of anilines is 4. The Labute approximate surface area is 436 Å². The molecule has 0 spiro atoms. The number of carbonyl (C=O) groups is 5. The molecule has 2 atom stereocenters. The monoisotopic (exact) mass is 1090 g/mol. The molecule has 8 rings (SSSR count). The highest BCUT2D eigenvalue weighted by Crippen LogP contribution is 2.40. The van der Waals surface area contributed by atoms with Gasteiger partial charge in [0.2, 0.25) is 15.9 Å². The van der Waals surface area contributed by atoms with Crippen LogP contribution in [0.25, 0.3) is 0 Å². The maximum atomic E-state index is 14.9.